The molecule has 2 aromatic heterocycles. The summed E-state index contributed by atoms with van der Waals surface area (Å²) < 4.78 is 51.2. The van der Waals surface area contributed by atoms with Gasteiger partial charge in [0.1, 0.15) is 46.9 Å². The van der Waals surface area contributed by atoms with Gasteiger partial charge >= 0.3 is 0 Å². The van der Waals surface area contributed by atoms with E-state index in [-0.39, 0.29) is 52.9 Å². The summed E-state index contributed by atoms with van der Waals surface area (Å²) in [5.41, 5.74) is 6.25. The van der Waals surface area contributed by atoms with E-state index in [1.54, 1.807) is 15.7 Å². The Kier molecular flexibility index (Phi) is 8.71. The van der Waals surface area contributed by atoms with Crippen molar-refractivity contribution < 1.29 is 22.7 Å². The van der Waals surface area contributed by atoms with E-state index < -0.39 is 29.5 Å². The van der Waals surface area contributed by atoms with E-state index in [0.717, 1.165) is 18.2 Å². The van der Waals surface area contributed by atoms with Gasteiger partial charge in [-0.15, -0.1) is 0 Å². The number of allylic oxidation sites excluding steroid dienone is 2. The van der Waals surface area contributed by atoms with Crippen LogP contribution in [0.3, 0.4) is 0 Å². The number of piperidine rings is 1. The van der Waals surface area contributed by atoms with Crippen molar-refractivity contribution in [3.05, 3.63) is 66.0 Å². The minimum absolute atomic E-state index is 0.0355. The third kappa shape index (κ3) is 6.86. The minimum atomic E-state index is -2.45. The number of hydrogen-bond acceptors (Lipinski definition) is 8. The molecule has 236 valence electrons. The molecule has 5 rings (SSSR count). The molecule has 1 aliphatic carbocycles. The summed E-state index contributed by atoms with van der Waals surface area (Å²) in [4.78, 5) is 23.6. The van der Waals surface area contributed by atoms with Crippen LogP contribution in [-0.2, 0) is 4.79 Å². The summed E-state index contributed by atoms with van der Waals surface area (Å²) in [6.07, 6.45) is 6.97. The first-order valence-electron chi connectivity index (χ1n) is 14.7. The number of nitrogens with zero attached hydrogens (tertiary/aromatic N) is 6. The number of anilines is 1. The Morgan fingerprint density at radius 3 is 2.78 bits per heavy atom. The molecule has 13 heteroatoms. The number of nitrogens with one attached hydrogen (secondary N) is 1. The van der Waals surface area contributed by atoms with Gasteiger partial charge < -0.3 is 20.7 Å². The second-order valence-corrected chi connectivity index (χ2v) is 12.2. The molecule has 2 aliphatic rings. The van der Waals surface area contributed by atoms with Gasteiger partial charge in [-0.25, -0.2) is 23.4 Å². The molecule has 1 saturated heterocycles. The molecule has 0 saturated carbocycles. The van der Waals surface area contributed by atoms with Crippen LogP contribution in [0.2, 0.25) is 0 Å². The van der Waals surface area contributed by atoms with Crippen molar-refractivity contribution in [1.82, 2.24) is 30.0 Å². The Bertz CT molecular complexity index is 1760. The molecule has 3 heterocycles. The number of nitrogen functional groups attached to an aromatic ring is 1. The minimum Gasteiger partial charge on any atom is -0.454 e. The lowest BCUT2D eigenvalue weighted by Gasteiger charge is -2.33. The van der Waals surface area contributed by atoms with E-state index in [1.165, 1.54) is 24.5 Å². The highest BCUT2D eigenvalue weighted by Crippen LogP contribution is 2.37. The monoisotopic (exact) mass is 620 g/mol. The number of carbonyl (C=O) groups is 1. The quantitative estimate of drug-likeness (QED) is 0.250. The lowest BCUT2D eigenvalue weighted by atomic mass is 9.98. The first-order valence-corrected chi connectivity index (χ1v) is 14.7. The molecule has 10 nitrogen and oxygen atoms in total. The Labute approximate surface area is 259 Å². The molecular formula is C32H35F3N8O2. The second-order valence-electron chi connectivity index (χ2n) is 12.2. The fourth-order valence-electron chi connectivity index (χ4n) is 5.90. The molecule has 2 unspecified atom stereocenters. The number of amides is 1. The standard InChI is InChI=1S/C32H35F3N8O2/c1-19(2)40-31(3,4)14-20(16-36)30(44)42-12-6-8-22(17-42)43-29-26(28(37)38-18-39-29)27(41-43)24-10-9-23(13-25(24)34)45-32(35)11-5-7-21(33)15-32/h5,7,9-11,13-14,18-19,22,40H,6,8,12,15,17H2,1-4H3,(H2,37,38,39)/b20-14-. The summed E-state index contributed by atoms with van der Waals surface area (Å²) in [6.45, 7) is 8.46. The molecule has 2 atom stereocenters. The zero-order valence-corrected chi connectivity index (χ0v) is 25.5. The number of ether oxygens (including phenoxy) is 1. The van der Waals surface area contributed by atoms with Crippen LogP contribution in [0.5, 0.6) is 5.75 Å². The molecule has 45 heavy (non-hydrogen) atoms. The molecule has 0 bridgehead atoms. The molecule has 3 N–H and O–H groups in total. The number of hydrogen-bond donors (Lipinski definition) is 2. The number of nitrogens with two attached hydrogens (primary N) is 1. The van der Waals surface area contributed by atoms with Crippen molar-refractivity contribution in [3.63, 3.8) is 0 Å². The zero-order valence-electron chi connectivity index (χ0n) is 25.5. The predicted octanol–water partition coefficient (Wildman–Crippen LogP) is 5.46. The van der Waals surface area contributed by atoms with Gasteiger partial charge in [0.25, 0.3) is 11.8 Å². The molecule has 1 aliphatic heterocycles. The maximum Gasteiger partial charge on any atom is 0.273 e. The summed E-state index contributed by atoms with van der Waals surface area (Å²) in [5, 5.41) is 18.2. The van der Waals surface area contributed by atoms with E-state index in [2.05, 4.69) is 21.4 Å². The number of nitriles is 1. The Balaban J connectivity index is 1.45. The largest absolute Gasteiger partial charge is 0.454 e. The van der Waals surface area contributed by atoms with Gasteiger partial charge in [-0.3, -0.25) is 4.79 Å². The smallest absolute Gasteiger partial charge is 0.273 e. The van der Waals surface area contributed by atoms with Crippen LogP contribution in [0.4, 0.5) is 19.0 Å². The van der Waals surface area contributed by atoms with Crippen LogP contribution < -0.4 is 15.8 Å². The Morgan fingerprint density at radius 1 is 1.31 bits per heavy atom. The molecular weight excluding hydrogens is 585 g/mol. The van der Waals surface area contributed by atoms with Crippen LogP contribution >= 0.6 is 0 Å². The highest BCUT2D eigenvalue weighted by Gasteiger charge is 2.34. The number of aromatic nitrogens is 4. The van der Waals surface area contributed by atoms with Gasteiger partial charge in [0.15, 0.2) is 5.65 Å². The first-order chi connectivity index (χ1) is 21.3. The third-order valence-electron chi connectivity index (χ3n) is 7.58. The predicted molar refractivity (Wildman–Crippen MR) is 163 cm³/mol. The zero-order chi connectivity index (χ0) is 32.5. The molecule has 0 spiro atoms. The van der Waals surface area contributed by atoms with Gasteiger partial charge in [-0.05, 0) is 57.0 Å². The van der Waals surface area contributed by atoms with Gasteiger partial charge in [0, 0.05) is 36.3 Å². The molecule has 0 radical (unpaired) electrons. The van der Waals surface area contributed by atoms with E-state index in [4.69, 9.17) is 15.6 Å². The summed E-state index contributed by atoms with van der Waals surface area (Å²) >= 11 is 0. The van der Waals surface area contributed by atoms with E-state index in [0.29, 0.717) is 30.4 Å². The number of rotatable bonds is 8. The van der Waals surface area contributed by atoms with Crippen LogP contribution in [0.25, 0.3) is 22.3 Å². The van der Waals surface area contributed by atoms with Crippen molar-refractivity contribution in [2.75, 3.05) is 18.8 Å². The summed E-state index contributed by atoms with van der Waals surface area (Å²) in [7, 11) is 0. The van der Waals surface area contributed by atoms with Crippen molar-refractivity contribution in [2.45, 2.75) is 70.4 Å². The van der Waals surface area contributed by atoms with Gasteiger partial charge in [-0.1, -0.05) is 19.9 Å². The van der Waals surface area contributed by atoms with Gasteiger partial charge in [0.05, 0.1) is 17.8 Å². The number of fused-ring (bicyclic) bond motifs is 1. The normalized spacial score (nSPS) is 20.8. The molecule has 1 amide bonds. The third-order valence-corrected chi connectivity index (χ3v) is 7.58. The van der Waals surface area contributed by atoms with E-state index in [1.807, 2.05) is 27.7 Å². The number of carbonyl (C=O) groups excluding carboxylic acids is 1. The number of halogens is 3. The molecule has 3 aromatic rings. The SMILES string of the molecule is CC(C)NC(C)(C)/C=C(/C#N)C(=O)N1CCCC(n2nc(-c3ccc(OC4(F)C=CC=C(F)C4)cc3F)c3c(N)ncnc32)C1. The Hall–Kier alpha value is -4.70. The summed E-state index contributed by atoms with van der Waals surface area (Å²) in [6, 6.07) is 5.58. The maximum absolute atomic E-state index is 15.6. The fraction of sp³-hybridized carbons (Fsp3) is 0.406. The lowest BCUT2D eigenvalue weighted by Crippen LogP contribution is -2.44. The molecule has 1 fully saturated rings. The van der Waals surface area contributed by atoms with Crippen molar-refractivity contribution in [2.24, 2.45) is 0 Å². The topological polar surface area (TPSA) is 135 Å². The molecule has 1 aromatic carbocycles. The van der Waals surface area contributed by atoms with Crippen molar-refractivity contribution in [1.29, 1.82) is 5.26 Å². The van der Waals surface area contributed by atoms with Crippen LogP contribution in [0, 0.1) is 17.1 Å². The number of benzene rings is 1. The average molecular weight is 621 g/mol. The van der Waals surface area contributed by atoms with E-state index >= 15 is 8.78 Å². The second kappa shape index (κ2) is 12.4. The Morgan fingerprint density at radius 2 is 2.09 bits per heavy atom. The number of alkyl halides is 1. The number of likely N-dealkylation sites (tertiary alicyclic amines) is 1. The van der Waals surface area contributed by atoms with Gasteiger partial charge in [0.2, 0.25) is 0 Å². The first kappa shape index (κ1) is 31.7. The average Bonchev–Trinajstić information content (AvgIpc) is 3.35. The maximum atomic E-state index is 15.6. The van der Waals surface area contributed by atoms with Crippen LogP contribution in [0.15, 0.2) is 60.2 Å². The van der Waals surface area contributed by atoms with E-state index in [9.17, 15) is 14.4 Å². The van der Waals surface area contributed by atoms with Crippen molar-refractivity contribution in [3.8, 4) is 23.1 Å². The van der Waals surface area contributed by atoms with Gasteiger partial charge in [-0.2, -0.15) is 14.8 Å². The highest BCUT2D eigenvalue weighted by molar-refractivity contribution is 5.99. The van der Waals surface area contributed by atoms with Crippen LogP contribution in [0.1, 0.15) is 53.0 Å². The fourth-order valence-corrected chi connectivity index (χ4v) is 5.90. The highest BCUT2D eigenvalue weighted by atomic mass is 19.2. The van der Waals surface area contributed by atoms with Crippen LogP contribution in [-0.4, -0.2) is 61.1 Å². The lowest BCUT2D eigenvalue weighted by molar-refractivity contribution is -0.128. The summed E-state index contributed by atoms with van der Waals surface area (Å²) in [5.74, 6) is -4.37. The van der Waals surface area contributed by atoms with Crippen molar-refractivity contribution >= 4 is 22.8 Å².